The molecule has 0 aliphatic carbocycles. The number of carbonyl (C=O) groups is 2. The Kier molecular flexibility index (Phi) is 11.4. The molecule has 1 N–H and O–H groups in total. The summed E-state index contributed by atoms with van der Waals surface area (Å²) in [6.07, 6.45) is 1.71. The fourth-order valence-electron chi connectivity index (χ4n) is 3.78. The summed E-state index contributed by atoms with van der Waals surface area (Å²) in [7, 11) is -0.531. The van der Waals surface area contributed by atoms with Crippen molar-refractivity contribution in [3.05, 3.63) is 60.2 Å². The van der Waals surface area contributed by atoms with Crippen molar-refractivity contribution in [3.8, 4) is 5.75 Å². The molecule has 0 radical (unpaired) electrons. The average Bonchev–Trinajstić information content (AvgIpc) is 2.89. The highest BCUT2D eigenvalue weighted by Crippen LogP contribution is 2.19. The molecule has 2 atom stereocenters. The lowest BCUT2D eigenvalue weighted by Gasteiger charge is -2.31. The van der Waals surface area contributed by atoms with Crippen LogP contribution in [0.15, 0.2) is 59.5 Å². The third-order valence-corrected chi connectivity index (χ3v) is 8.09. The molecule has 0 aliphatic heterocycles. The zero-order valence-electron chi connectivity index (χ0n) is 21.9. The van der Waals surface area contributed by atoms with Crippen LogP contribution in [-0.2, 0) is 26.2 Å². The van der Waals surface area contributed by atoms with Crippen molar-refractivity contribution < 1.29 is 22.7 Å². The van der Waals surface area contributed by atoms with Gasteiger partial charge in [0.15, 0.2) is 0 Å². The van der Waals surface area contributed by atoms with Crippen LogP contribution < -0.4 is 10.1 Å². The Bertz CT molecular complexity index is 1070. The molecule has 0 saturated carbocycles. The number of hydrogen-bond donors (Lipinski definition) is 1. The van der Waals surface area contributed by atoms with E-state index in [0.29, 0.717) is 18.6 Å². The average molecular weight is 518 g/mol. The molecule has 2 aromatic rings. The molecule has 0 unspecified atom stereocenters. The fraction of sp³-hybridized carbons (Fsp3) is 0.481. The summed E-state index contributed by atoms with van der Waals surface area (Å²) in [6.45, 7) is 6.27. The van der Waals surface area contributed by atoms with Crippen LogP contribution >= 0.6 is 0 Å². The van der Waals surface area contributed by atoms with Gasteiger partial charge in [-0.15, -0.1) is 0 Å². The zero-order chi connectivity index (χ0) is 26.7. The Morgan fingerprint density at radius 3 is 2.19 bits per heavy atom. The minimum absolute atomic E-state index is 0.00123. The quantitative estimate of drug-likeness (QED) is 0.411. The van der Waals surface area contributed by atoms with Gasteiger partial charge in [0, 0.05) is 32.6 Å². The number of rotatable bonds is 14. The second-order valence-corrected chi connectivity index (χ2v) is 10.9. The molecule has 0 aromatic heterocycles. The summed E-state index contributed by atoms with van der Waals surface area (Å²) >= 11 is 0. The van der Waals surface area contributed by atoms with Gasteiger partial charge in [0.1, 0.15) is 11.8 Å². The molecule has 0 saturated heterocycles. The molecule has 0 heterocycles. The number of ether oxygens (including phenoxy) is 1. The zero-order valence-corrected chi connectivity index (χ0v) is 22.8. The SMILES string of the molecule is CC[C@@H](C)NC(=O)[C@@H](CC)N(Cc1ccc(OC)cc1)C(=O)CCCN(C)S(=O)(=O)c1ccccc1. The van der Waals surface area contributed by atoms with Crippen molar-refractivity contribution in [3.63, 3.8) is 0 Å². The summed E-state index contributed by atoms with van der Waals surface area (Å²) in [4.78, 5) is 28.2. The largest absolute Gasteiger partial charge is 0.497 e. The monoisotopic (exact) mass is 517 g/mol. The van der Waals surface area contributed by atoms with Crippen LogP contribution in [0.1, 0.15) is 52.0 Å². The molecular formula is C27H39N3O5S. The van der Waals surface area contributed by atoms with E-state index in [1.165, 1.54) is 11.4 Å². The van der Waals surface area contributed by atoms with Gasteiger partial charge in [-0.25, -0.2) is 12.7 Å². The number of nitrogens with zero attached hydrogens (tertiary/aromatic N) is 2. The maximum absolute atomic E-state index is 13.4. The number of benzene rings is 2. The Morgan fingerprint density at radius 1 is 1.00 bits per heavy atom. The van der Waals surface area contributed by atoms with Gasteiger partial charge in [-0.2, -0.15) is 0 Å². The standard InChI is InChI=1S/C27H39N3O5S/c1-6-21(3)28-27(32)25(7-2)30(20-22-15-17-23(35-5)18-16-22)26(31)14-11-19-29(4)36(33,34)24-12-9-8-10-13-24/h8-10,12-13,15-18,21,25H,6-7,11,14,19-20H2,1-5H3,(H,28,32)/t21-,25-/m1/s1. The van der Waals surface area contributed by atoms with E-state index in [2.05, 4.69) is 5.32 Å². The molecule has 8 nitrogen and oxygen atoms in total. The number of sulfonamides is 1. The van der Waals surface area contributed by atoms with Gasteiger partial charge in [0.25, 0.3) is 0 Å². The summed E-state index contributed by atoms with van der Waals surface area (Å²) in [6, 6.07) is 15.0. The van der Waals surface area contributed by atoms with Crippen LogP contribution in [0.3, 0.4) is 0 Å². The number of carbonyl (C=O) groups excluding carboxylic acids is 2. The highest BCUT2D eigenvalue weighted by atomic mass is 32.2. The lowest BCUT2D eigenvalue weighted by molar-refractivity contribution is -0.141. The van der Waals surface area contributed by atoms with Crippen molar-refractivity contribution in [2.75, 3.05) is 20.7 Å². The van der Waals surface area contributed by atoms with Crippen LogP contribution in [0.4, 0.5) is 0 Å². The third kappa shape index (κ3) is 8.06. The number of hydrogen-bond acceptors (Lipinski definition) is 5. The normalized spacial score (nSPS) is 13.2. The van der Waals surface area contributed by atoms with E-state index < -0.39 is 16.1 Å². The molecule has 2 aromatic carbocycles. The van der Waals surface area contributed by atoms with Gasteiger partial charge in [-0.05, 0) is 56.0 Å². The smallest absolute Gasteiger partial charge is 0.243 e. The molecule has 9 heteroatoms. The first-order chi connectivity index (χ1) is 17.1. The summed E-state index contributed by atoms with van der Waals surface area (Å²) in [5, 5.41) is 2.99. The van der Waals surface area contributed by atoms with E-state index in [1.54, 1.807) is 42.3 Å². The van der Waals surface area contributed by atoms with E-state index >= 15 is 0 Å². The van der Waals surface area contributed by atoms with Gasteiger partial charge in [-0.3, -0.25) is 9.59 Å². The third-order valence-electron chi connectivity index (χ3n) is 6.21. The van der Waals surface area contributed by atoms with Crippen molar-refractivity contribution >= 4 is 21.8 Å². The predicted octanol–water partition coefficient (Wildman–Crippen LogP) is 3.82. The Labute approximate surface area is 215 Å². The molecule has 0 bridgehead atoms. The molecule has 0 fully saturated rings. The highest BCUT2D eigenvalue weighted by Gasteiger charge is 2.29. The molecule has 2 amide bonds. The minimum Gasteiger partial charge on any atom is -0.497 e. The van der Waals surface area contributed by atoms with E-state index in [0.717, 1.165) is 12.0 Å². The van der Waals surface area contributed by atoms with Crippen LogP contribution in [0.2, 0.25) is 0 Å². The van der Waals surface area contributed by atoms with Crippen molar-refractivity contribution in [2.24, 2.45) is 0 Å². The van der Waals surface area contributed by atoms with Crippen LogP contribution in [-0.4, -0.2) is 62.2 Å². The minimum atomic E-state index is -3.63. The van der Waals surface area contributed by atoms with E-state index in [-0.39, 0.29) is 42.3 Å². The molecule has 2 rings (SSSR count). The first-order valence-electron chi connectivity index (χ1n) is 12.4. The van der Waals surface area contributed by atoms with Gasteiger partial charge < -0.3 is 15.0 Å². The predicted molar refractivity (Wildman–Crippen MR) is 141 cm³/mol. The van der Waals surface area contributed by atoms with Crippen molar-refractivity contribution in [1.82, 2.24) is 14.5 Å². The molecular weight excluding hydrogens is 478 g/mol. The number of amides is 2. The fourth-order valence-corrected chi connectivity index (χ4v) is 5.01. The summed E-state index contributed by atoms with van der Waals surface area (Å²) in [5.74, 6) is 0.334. The molecule has 36 heavy (non-hydrogen) atoms. The molecule has 198 valence electrons. The Hall–Kier alpha value is -2.91. The Balaban J connectivity index is 2.14. The second-order valence-electron chi connectivity index (χ2n) is 8.85. The lowest BCUT2D eigenvalue weighted by atomic mass is 10.1. The maximum atomic E-state index is 13.4. The van der Waals surface area contributed by atoms with Crippen LogP contribution in [0.25, 0.3) is 0 Å². The topological polar surface area (TPSA) is 96.0 Å². The van der Waals surface area contributed by atoms with E-state index in [9.17, 15) is 18.0 Å². The second kappa shape index (κ2) is 14.0. The van der Waals surface area contributed by atoms with Gasteiger partial charge >= 0.3 is 0 Å². The number of nitrogens with one attached hydrogen (secondary N) is 1. The lowest BCUT2D eigenvalue weighted by Crippen LogP contribution is -2.50. The summed E-state index contributed by atoms with van der Waals surface area (Å²) < 4.78 is 32.0. The van der Waals surface area contributed by atoms with Crippen LogP contribution in [0.5, 0.6) is 5.75 Å². The van der Waals surface area contributed by atoms with Crippen molar-refractivity contribution in [2.45, 2.75) is 70.0 Å². The van der Waals surface area contributed by atoms with Gasteiger partial charge in [0.05, 0.1) is 12.0 Å². The van der Waals surface area contributed by atoms with E-state index in [1.807, 2.05) is 45.0 Å². The van der Waals surface area contributed by atoms with Crippen LogP contribution in [0, 0.1) is 0 Å². The maximum Gasteiger partial charge on any atom is 0.243 e. The van der Waals surface area contributed by atoms with Crippen molar-refractivity contribution in [1.29, 1.82) is 0 Å². The molecule has 0 spiro atoms. The highest BCUT2D eigenvalue weighted by molar-refractivity contribution is 7.89. The Morgan fingerprint density at radius 2 is 1.64 bits per heavy atom. The first kappa shape index (κ1) is 29.3. The number of methoxy groups -OCH3 is 1. The van der Waals surface area contributed by atoms with E-state index in [4.69, 9.17) is 4.74 Å². The summed E-state index contributed by atoms with van der Waals surface area (Å²) in [5.41, 5.74) is 0.878. The van der Waals surface area contributed by atoms with Gasteiger partial charge in [0.2, 0.25) is 21.8 Å². The first-order valence-corrected chi connectivity index (χ1v) is 13.8. The molecule has 0 aliphatic rings. The van der Waals surface area contributed by atoms with Gasteiger partial charge in [-0.1, -0.05) is 44.2 Å².